The number of hydrogen-bond donors (Lipinski definition) is 5. The predicted octanol–water partition coefficient (Wildman–Crippen LogP) is 5.14. The molecule has 4 amide bonds. The van der Waals surface area contributed by atoms with E-state index in [9.17, 15) is 19.2 Å². The number of aryl methyl sites for hydroxylation is 1. The molecule has 364 valence electrons. The number of likely N-dealkylation sites (N-methyl/N-ethyl adjacent to an activating group) is 2. The molecule has 5 heterocycles. The molecule has 8 rings (SSSR count). The van der Waals surface area contributed by atoms with Gasteiger partial charge in [-0.2, -0.15) is 0 Å². The summed E-state index contributed by atoms with van der Waals surface area (Å²) in [5.41, 5.74) is 4.57. The lowest BCUT2D eigenvalue weighted by Gasteiger charge is -2.23. The maximum absolute atomic E-state index is 12.6. The molecular weight excluding hydrogens is 861 g/mol. The molecule has 0 spiro atoms. The first kappa shape index (κ1) is 54.0. The van der Waals surface area contributed by atoms with E-state index in [-0.39, 0.29) is 23.9 Å². The minimum absolute atomic E-state index is 0.0182. The lowest BCUT2D eigenvalue weighted by molar-refractivity contribution is -0.131. The van der Waals surface area contributed by atoms with E-state index in [0.29, 0.717) is 39.5 Å². The van der Waals surface area contributed by atoms with Crippen LogP contribution in [-0.2, 0) is 35.1 Å². The molecule has 3 aliphatic rings. The highest BCUT2D eigenvalue weighted by atomic mass is 16.5. The number of carbonyl (C=O) groups excluding carboxylic acids is 4. The average molecular weight is 931 g/mol. The molecule has 3 aromatic carbocycles. The summed E-state index contributed by atoms with van der Waals surface area (Å²) in [4.78, 5) is 66.1. The van der Waals surface area contributed by atoms with E-state index in [2.05, 4.69) is 47.7 Å². The minimum Gasteiger partial charge on any atom is -0.378 e. The summed E-state index contributed by atoms with van der Waals surface area (Å²) in [6.07, 6.45) is 9.78. The summed E-state index contributed by atoms with van der Waals surface area (Å²) in [6, 6.07) is 29.4. The number of benzene rings is 3. The first-order valence-corrected chi connectivity index (χ1v) is 23.6. The van der Waals surface area contributed by atoms with Crippen molar-refractivity contribution in [1.29, 1.82) is 0 Å². The second-order valence-corrected chi connectivity index (χ2v) is 15.6. The highest BCUT2D eigenvalue weighted by Gasteiger charge is 2.31. The van der Waals surface area contributed by atoms with Gasteiger partial charge in [0.1, 0.15) is 23.4 Å². The van der Waals surface area contributed by atoms with Gasteiger partial charge in [0.25, 0.3) is 0 Å². The van der Waals surface area contributed by atoms with E-state index in [1.165, 1.54) is 0 Å². The number of hydrogen-bond acceptors (Lipinski definition) is 10. The van der Waals surface area contributed by atoms with Crippen LogP contribution in [0, 0.1) is 11.8 Å². The van der Waals surface area contributed by atoms with E-state index >= 15 is 0 Å². The predicted molar refractivity (Wildman–Crippen MR) is 265 cm³/mol. The third-order valence-corrected chi connectivity index (χ3v) is 10.9. The summed E-state index contributed by atoms with van der Waals surface area (Å²) in [6.45, 7) is 11.5. The number of ether oxygens (including phenoxy) is 2. The second-order valence-electron chi connectivity index (χ2n) is 15.6. The zero-order chi connectivity index (χ0) is 48.6. The Morgan fingerprint density at radius 3 is 1.93 bits per heavy atom. The van der Waals surface area contributed by atoms with E-state index in [4.69, 9.17) is 9.47 Å². The molecule has 2 atom stereocenters. The third kappa shape index (κ3) is 18.9. The highest BCUT2D eigenvalue weighted by Crippen LogP contribution is 2.30. The summed E-state index contributed by atoms with van der Waals surface area (Å²) >= 11 is 0. The molecule has 3 aliphatic heterocycles. The van der Waals surface area contributed by atoms with Crippen LogP contribution >= 0.6 is 0 Å². The van der Waals surface area contributed by atoms with Gasteiger partial charge in [0.2, 0.25) is 24.6 Å². The van der Waals surface area contributed by atoms with Gasteiger partial charge in [-0.3, -0.25) is 19.2 Å². The lowest BCUT2D eigenvalue weighted by Crippen LogP contribution is -2.37. The Labute approximate surface area is 402 Å². The monoisotopic (exact) mass is 931 g/mol. The van der Waals surface area contributed by atoms with Crippen molar-refractivity contribution < 1.29 is 28.7 Å². The molecular formula is C52H70N10O6. The van der Waals surface area contributed by atoms with Gasteiger partial charge < -0.3 is 50.1 Å². The van der Waals surface area contributed by atoms with E-state index in [1.54, 1.807) is 30.1 Å². The van der Waals surface area contributed by atoms with Crippen molar-refractivity contribution in [3.05, 3.63) is 132 Å². The molecule has 68 heavy (non-hydrogen) atoms. The molecule has 0 aliphatic carbocycles. The van der Waals surface area contributed by atoms with Crippen LogP contribution in [0.15, 0.2) is 103 Å². The van der Waals surface area contributed by atoms with E-state index in [1.807, 2.05) is 116 Å². The maximum Gasteiger partial charge on any atom is 0.241 e. The highest BCUT2D eigenvalue weighted by molar-refractivity contribution is 5.83. The molecule has 16 heteroatoms. The number of rotatable bonds is 14. The van der Waals surface area contributed by atoms with Gasteiger partial charge in [0.15, 0.2) is 0 Å². The molecule has 3 fully saturated rings. The van der Waals surface area contributed by atoms with Crippen molar-refractivity contribution in [2.24, 2.45) is 0 Å². The van der Waals surface area contributed by atoms with Crippen LogP contribution in [0.4, 0.5) is 0 Å². The SMILES string of the molecule is CC.CNCC(=O)N1CCCC1c1ncc(C#Cc2ccc(-c3cnc(CCCCNC(=O)C(NC)c4ccccc4)[nH]3)cc2)[nH]1.O=CN1CCOCC1.O=CN1CCOCC1.c1ccccc1. The van der Waals surface area contributed by atoms with Crippen molar-refractivity contribution in [1.82, 2.24) is 50.6 Å². The van der Waals surface area contributed by atoms with Crippen LogP contribution in [0.25, 0.3) is 11.3 Å². The van der Waals surface area contributed by atoms with Crippen LogP contribution < -0.4 is 16.0 Å². The second kappa shape index (κ2) is 32.1. The van der Waals surface area contributed by atoms with Crippen LogP contribution in [0.1, 0.15) is 80.1 Å². The van der Waals surface area contributed by atoms with Crippen molar-refractivity contribution in [2.75, 3.05) is 86.3 Å². The number of nitrogens with zero attached hydrogens (tertiary/aromatic N) is 5. The van der Waals surface area contributed by atoms with Crippen LogP contribution in [0.3, 0.4) is 0 Å². The normalized spacial score (nSPS) is 15.4. The van der Waals surface area contributed by atoms with Gasteiger partial charge >= 0.3 is 0 Å². The van der Waals surface area contributed by atoms with Crippen LogP contribution in [0.5, 0.6) is 0 Å². The number of likely N-dealkylation sites (tertiary alicyclic amines) is 1. The Bertz CT molecular complexity index is 2160. The van der Waals surface area contributed by atoms with E-state index in [0.717, 1.165) is 117 Å². The fourth-order valence-corrected chi connectivity index (χ4v) is 7.26. The summed E-state index contributed by atoms with van der Waals surface area (Å²) in [7, 11) is 3.58. The molecule has 3 saturated heterocycles. The fraction of sp³-hybridized carbons (Fsp3) is 0.423. The minimum atomic E-state index is -0.353. The first-order chi connectivity index (χ1) is 33.4. The number of aromatic nitrogens is 4. The van der Waals surface area contributed by atoms with Gasteiger partial charge in [-0.05, 0) is 69.0 Å². The summed E-state index contributed by atoms with van der Waals surface area (Å²) < 4.78 is 10.0. The quantitative estimate of drug-likeness (QED) is 0.0567. The molecule has 16 nitrogen and oxygen atoms in total. The Kier molecular flexibility index (Phi) is 25.5. The molecule has 0 radical (unpaired) electrons. The average Bonchev–Trinajstić information content (AvgIpc) is 4.21. The number of aromatic amines is 2. The molecule has 2 aromatic heterocycles. The van der Waals surface area contributed by atoms with Crippen molar-refractivity contribution >= 4 is 24.6 Å². The van der Waals surface area contributed by atoms with Crippen molar-refractivity contribution in [3.63, 3.8) is 0 Å². The smallest absolute Gasteiger partial charge is 0.241 e. The topological polar surface area (TPSA) is 190 Å². The Hall–Kier alpha value is -6.64. The first-order valence-electron chi connectivity index (χ1n) is 23.6. The number of carbonyl (C=O) groups is 4. The van der Waals surface area contributed by atoms with Crippen LogP contribution in [-0.4, -0.2) is 146 Å². The zero-order valence-corrected chi connectivity index (χ0v) is 40.1. The standard InChI is InChI=1S/C34H40N8O2.C6H6.2C5H9NO2.C2H6/c1-35-23-31(43)42-20-8-11-29(42)33-39-21-27(40-33)18-15-24-13-16-25(17-14-24)28-22-38-30(41-28)12-6-7-19-37-34(44)32(36-2)26-9-4-3-5-10-26;1-2-4-6-5-3-1;2*7-5-6-1-3-8-4-2-6;1-2/h3-5,9-10,13-14,16-17,21-22,29,32,35-36H,6-8,11-12,19-20,23H2,1-2H3,(H,37,44)(H,38,41)(H,39,40);1-6H;2*5H,1-4H2;1-2H3. The summed E-state index contributed by atoms with van der Waals surface area (Å²) in [5.74, 6) is 8.15. The fourth-order valence-electron chi connectivity index (χ4n) is 7.26. The van der Waals surface area contributed by atoms with Crippen LogP contribution in [0.2, 0.25) is 0 Å². The van der Waals surface area contributed by atoms with Crippen molar-refractivity contribution in [3.8, 4) is 23.1 Å². The van der Waals surface area contributed by atoms with Gasteiger partial charge in [-0.1, -0.05) is 98.6 Å². The Morgan fingerprint density at radius 1 is 0.765 bits per heavy atom. The zero-order valence-electron chi connectivity index (χ0n) is 40.1. The molecule has 5 aromatic rings. The third-order valence-electron chi connectivity index (χ3n) is 10.9. The Balaban J connectivity index is 0.000000338. The number of H-pyrrole nitrogens is 2. The van der Waals surface area contributed by atoms with Gasteiger partial charge in [-0.25, -0.2) is 9.97 Å². The molecule has 0 saturated carbocycles. The molecule has 2 unspecified atom stereocenters. The largest absolute Gasteiger partial charge is 0.378 e. The number of morpholine rings is 2. The Morgan fingerprint density at radius 2 is 1.37 bits per heavy atom. The van der Waals surface area contributed by atoms with Crippen molar-refractivity contribution in [2.45, 2.75) is 58.0 Å². The number of amides is 4. The van der Waals surface area contributed by atoms with Gasteiger partial charge in [0.05, 0.1) is 57.1 Å². The summed E-state index contributed by atoms with van der Waals surface area (Å²) in [5, 5.41) is 9.06. The number of unbranched alkanes of at least 4 members (excludes halogenated alkanes) is 1. The number of nitrogens with one attached hydrogen (secondary N) is 5. The van der Waals surface area contributed by atoms with Gasteiger partial charge in [-0.15, -0.1) is 0 Å². The molecule has 5 N–H and O–H groups in total. The lowest BCUT2D eigenvalue weighted by atomic mass is 10.1. The van der Waals surface area contributed by atoms with E-state index < -0.39 is 0 Å². The maximum atomic E-state index is 12.6. The molecule has 0 bridgehead atoms. The van der Waals surface area contributed by atoms with Gasteiger partial charge in [0, 0.05) is 51.3 Å². The number of imidazole rings is 2.